The van der Waals surface area contributed by atoms with Gasteiger partial charge >= 0.3 is 0 Å². The predicted octanol–water partition coefficient (Wildman–Crippen LogP) is 5.90. The number of sulfonamides is 1. The molecule has 0 aliphatic carbocycles. The zero-order chi connectivity index (χ0) is 29.6. The molecule has 0 unspecified atom stereocenters. The summed E-state index contributed by atoms with van der Waals surface area (Å²) < 4.78 is 30.1. The highest BCUT2D eigenvalue weighted by Crippen LogP contribution is 2.29. The quantitative estimate of drug-likeness (QED) is 0.287. The third-order valence-corrected chi connectivity index (χ3v) is 9.41. The van der Waals surface area contributed by atoms with Crippen LogP contribution in [0.1, 0.15) is 49.4 Å². The van der Waals surface area contributed by atoms with Gasteiger partial charge in [0.2, 0.25) is 11.8 Å². The van der Waals surface area contributed by atoms with Gasteiger partial charge in [0.15, 0.2) is 0 Å². The first-order valence-corrected chi connectivity index (χ1v) is 15.6. The van der Waals surface area contributed by atoms with E-state index in [0.29, 0.717) is 5.69 Å². The van der Waals surface area contributed by atoms with Crippen LogP contribution in [0.4, 0.5) is 5.69 Å². The summed E-state index contributed by atoms with van der Waals surface area (Å²) in [4.78, 5) is 28.8. The third-order valence-electron chi connectivity index (χ3n) is 7.14. The molecule has 214 valence electrons. The summed E-state index contributed by atoms with van der Waals surface area (Å²) in [6.45, 7) is 10.8. The van der Waals surface area contributed by atoms with Crippen LogP contribution in [0, 0.1) is 20.8 Å². The number of carbonyl (C=O) groups is 2. The Kier molecular flexibility index (Phi) is 10.6. The molecule has 0 aliphatic heterocycles. The fraction of sp³-hybridized carbons (Fsp3) is 0.355. The van der Waals surface area contributed by atoms with Gasteiger partial charge < -0.3 is 10.2 Å². The lowest BCUT2D eigenvalue weighted by atomic mass is 10.1. The van der Waals surface area contributed by atoms with Gasteiger partial charge in [0, 0.05) is 17.1 Å². The molecule has 3 aromatic rings. The molecule has 0 radical (unpaired) electrons. The summed E-state index contributed by atoms with van der Waals surface area (Å²) in [6.07, 6.45) is 0.743. The Labute approximate surface area is 246 Å². The lowest BCUT2D eigenvalue weighted by Crippen LogP contribution is -2.52. The van der Waals surface area contributed by atoms with Gasteiger partial charge in [-0.2, -0.15) is 0 Å². The van der Waals surface area contributed by atoms with Crippen molar-refractivity contribution in [2.45, 2.75) is 71.5 Å². The number of carbonyl (C=O) groups excluding carboxylic acids is 2. The van der Waals surface area contributed by atoms with Gasteiger partial charge in [0.1, 0.15) is 12.6 Å². The molecule has 0 saturated carbocycles. The normalized spacial score (nSPS) is 12.9. The molecule has 40 heavy (non-hydrogen) atoms. The van der Waals surface area contributed by atoms with Crippen molar-refractivity contribution >= 4 is 43.5 Å². The smallest absolute Gasteiger partial charge is 0.264 e. The molecule has 2 atom stereocenters. The fourth-order valence-corrected chi connectivity index (χ4v) is 6.16. The second kappa shape index (κ2) is 13.5. The van der Waals surface area contributed by atoms with E-state index in [1.54, 1.807) is 43.3 Å². The highest BCUT2D eigenvalue weighted by atomic mass is 79.9. The molecule has 0 aliphatic rings. The third kappa shape index (κ3) is 7.52. The zero-order valence-electron chi connectivity index (χ0n) is 23.9. The molecular formula is C31H38BrN3O4S. The molecule has 3 aromatic carbocycles. The number of halogens is 1. The number of benzene rings is 3. The number of nitrogens with zero attached hydrogens (tertiary/aromatic N) is 2. The van der Waals surface area contributed by atoms with Crippen LogP contribution in [0.2, 0.25) is 0 Å². The zero-order valence-corrected chi connectivity index (χ0v) is 26.3. The van der Waals surface area contributed by atoms with Crippen LogP contribution in [-0.4, -0.2) is 43.8 Å². The predicted molar refractivity (Wildman–Crippen MR) is 164 cm³/mol. The Bertz CT molecular complexity index is 1460. The molecule has 0 heterocycles. The lowest BCUT2D eigenvalue weighted by Gasteiger charge is -2.33. The molecule has 0 aromatic heterocycles. The number of nitrogens with one attached hydrogen (secondary N) is 1. The molecule has 0 spiro atoms. The molecule has 0 bridgehead atoms. The number of rotatable bonds is 11. The second-order valence-corrected chi connectivity index (χ2v) is 13.0. The van der Waals surface area contributed by atoms with Gasteiger partial charge in [0.25, 0.3) is 10.0 Å². The molecule has 0 fully saturated rings. The average molecular weight is 629 g/mol. The SMILES string of the molecule is CC[C@@H](C)NC(=O)[C@H](C)N(Cc1cccc(Br)c1)C(=O)CN(c1cccc(C)c1C)S(=O)(=O)c1ccc(C)cc1. The molecule has 7 nitrogen and oxygen atoms in total. The van der Waals surface area contributed by atoms with Crippen molar-refractivity contribution in [3.8, 4) is 0 Å². The van der Waals surface area contributed by atoms with Gasteiger partial charge in [-0.15, -0.1) is 0 Å². The van der Waals surface area contributed by atoms with E-state index in [4.69, 9.17) is 0 Å². The summed E-state index contributed by atoms with van der Waals surface area (Å²) in [5.74, 6) is -0.777. The van der Waals surface area contributed by atoms with E-state index in [9.17, 15) is 18.0 Å². The van der Waals surface area contributed by atoms with E-state index in [0.717, 1.165) is 37.5 Å². The largest absolute Gasteiger partial charge is 0.352 e. The lowest BCUT2D eigenvalue weighted by molar-refractivity contribution is -0.139. The Morgan fingerprint density at radius 3 is 2.23 bits per heavy atom. The minimum Gasteiger partial charge on any atom is -0.352 e. The first-order valence-electron chi connectivity index (χ1n) is 13.3. The standard InChI is InChI=1S/C31H38BrN3O4S/c1-7-23(4)33-31(37)25(6)34(19-26-11-9-12-27(32)18-26)30(36)20-35(29-13-8-10-22(3)24(29)5)40(38,39)28-16-14-21(2)15-17-28/h8-18,23,25H,7,19-20H2,1-6H3,(H,33,37)/t23-,25+/m1/s1. The summed E-state index contributed by atoms with van der Waals surface area (Å²) in [5.41, 5.74) is 3.82. The van der Waals surface area contributed by atoms with Crippen molar-refractivity contribution in [2.24, 2.45) is 0 Å². The fourth-order valence-electron chi connectivity index (χ4n) is 4.24. The summed E-state index contributed by atoms with van der Waals surface area (Å²) in [6, 6.07) is 18.5. The van der Waals surface area contributed by atoms with Crippen molar-refractivity contribution < 1.29 is 18.0 Å². The molecule has 9 heteroatoms. The first kappa shape index (κ1) is 31.4. The van der Waals surface area contributed by atoms with Crippen LogP contribution in [0.5, 0.6) is 0 Å². The first-order chi connectivity index (χ1) is 18.8. The minimum absolute atomic E-state index is 0.0638. The van der Waals surface area contributed by atoms with Crippen LogP contribution in [0.3, 0.4) is 0 Å². The Morgan fingerprint density at radius 2 is 1.60 bits per heavy atom. The number of hydrogen-bond acceptors (Lipinski definition) is 4. The van der Waals surface area contributed by atoms with Crippen molar-refractivity contribution in [3.05, 3.63) is 93.5 Å². The molecule has 2 amide bonds. The summed E-state index contributed by atoms with van der Waals surface area (Å²) >= 11 is 3.47. The topological polar surface area (TPSA) is 86.8 Å². The van der Waals surface area contributed by atoms with Crippen LogP contribution in [0.25, 0.3) is 0 Å². The molecule has 3 rings (SSSR count). The molecule has 0 saturated heterocycles. The average Bonchev–Trinajstić information content (AvgIpc) is 2.91. The Balaban J connectivity index is 2.07. The highest BCUT2D eigenvalue weighted by Gasteiger charge is 2.33. The van der Waals surface area contributed by atoms with Crippen molar-refractivity contribution in [3.63, 3.8) is 0 Å². The number of amides is 2. The van der Waals surface area contributed by atoms with E-state index >= 15 is 0 Å². The van der Waals surface area contributed by atoms with E-state index in [-0.39, 0.29) is 23.4 Å². The van der Waals surface area contributed by atoms with Crippen molar-refractivity contribution in [1.29, 1.82) is 0 Å². The number of hydrogen-bond donors (Lipinski definition) is 1. The van der Waals surface area contributed by atoms with Gasteiger partial charge in [0.05, 0.1) is 10.6 Å². The second-order valence-electron chi connectivity index (χ2n) is 10.2. The minimum atomic E-state index is -4.11. The van der Waals surface area contributed by atoms with E-state index in [2.05, 4.69) is 21.2 Å². The van der Waals surface area contributed by atoms with Crippen molar-refractivity contribution in [2.75, 3.05) is 10.8 Å². The number of aryl methyl sites for hydroxylation is 2. The van der Waals surface area contributed by atoms with Gasteiger partial charge in [-0.1, -0.05) is 64.8 Å². The van der Waals surface area contributed by atoms with Crippen LogP contribution in [-0.2, 0) is 26.2 Å². The molecular weight excluding hydrogens is 590 g/mol. The summed E-state index contributed by atoms with van der Waals surface area (Å²) in [5, 5.41) is 2.95. The van der Waals surface area contributed by atoms with Gasteiger partial charge in [-0.25, -0.2) is 8.42 Å². The Hall–Kier alpha value is -3.17. The van der Waals surface area contributed by atoms with Crippen LogP contribution in [0.15, 0.2) is 76.1 Å². The highest BCUT2D eigenvalue weighted by molar-refractivity contribution is 9.10. The van der Waals surface area contributed by atoms with Gasteiger partial charge in [-0.05, 0) is 88.1 Å². The van der Waals surface area contributed by atoms with E-state index in [1.807, 2.05) is 65.0 Å². The van der Waals surface area contributed by atoms with Gasteiger partial charge in [-0.3, -0.25) is 13.9 Å². The monoisotopic (exact) mass is 627 g/mol. The maximum Gasteiger partial charge on any atom is 0.264 e. The maximum atomic E-state index is 14.1. The van der Waals surface area contributed by atoms with Crippen molar-refractivity contribution in [1.82, 2.24) is 10.2 Å². The Morgan fingerprint density at radius 1 is 0.950 bits per heavy atom. The van der Waals surface area contributed by atoms with Crippen LogP contribution < -0.4 is 9.62 Å². The van der Waals surface area contributed by atoms with E-state index in [1.165, 1.54) is 4.90 Å². The number of anilines is 1. The van der Waals surface area contributed by atoms with E-state index < -0.39 is 28.5 Å². The maximum absolute atomic E-state index is 14.1. The summed E-state index contributed by atoms with van der Waals surface area (Å²) in [7, 11) is -4.11. The molecule has 1 N–H and O–H groups in total. The van der Waals surface area contributed by atoms with Crippen LogP contribution >= 0.6 is 15.9 Å².